The summed E-state index contributed by atoms with van der Waals surface area (Å²) in [7, 11) is 2.09. The molecule has 1 aliphatic heterocycles. The quantitative estimate of drug-likeness (QED) is 0.181. The van der Waals surface area contributed by atoms with Gasteiger partial charge in [0.05, 0.1) is 28.5 Å². The van der Waals surface area contributed by atoms with Crippen molar-refractivity contribution in [3.8, 4) is 44.8 Å². The van der Waals surface area contributed by atoms with Crippen molar-refractivity contribution in [2.24, 2.45) is 0 Å². The maximum atomic E-state index is 5.16. The molecule has 0 N–H and O–H groups in total. The smallest absolute Gasteiger partial charge is 0.0896 e. The Morgan fingerprint density at radius 2 is 1.18 bits per heavy atom. The molecule has 0 spiro atoms. The minimum absolute atomic E-state index is 0.0508. The van der Waals surface area contributed by atoms with Crippen LogP contribution in [0.4, 0.5) is 0 Å². The van der Waals surface area contributed by atoms with Crippen LogP contribution < -0.4 is 0 Å². The molecule has 0 amide bonds. The highest BCUT2D eigenvalue weighted by Crippen LogP contribution is 2.56. The highest BCUT2D eigenvalue weighted by Gasteiger charge is 2.45. The second-order valence-corrected chi connectivity index (χ2v) is 13.1. The SMILES string of the molecule is CN1C=CC=CC1c1cc(-c2ccccc2)cc(-c2ccc(-c3ccc4c(c3)-c3ccccc3C4(c3ccccc3)c3ccccc3)cn2)n1. The number of fused-ring (bicyclic) bond motifs is 3. The molecule has 0 fully saturated rings. The zero-order valence-electron chi connectivity index (χ0n) is 27.8. The monoisotopic (exact) mass is 641 g/mol. The van der Waals surface area contributed by atoms with Gasteiger partial charge in [-0.15, -0.1) is 0 Å². The van der Waals surface area contributed by atoms with E-state index in [9.17, 15) is 0 Å². The third-order valence-corrected chi connectivity index (χ3v) is 10.2. The van der Waals surface area contributed by atoms with Gasteiger partial charge in [-0.2, -0.15) is 0 Å². The Bertz CT molecular complexity index is 2340. The summed E-state index contributed by atoms with van der Waals surface area (Å²) in [4.78, 5) is 12.4. The summed E-state index contributed by atoms with van der Waals surface area (Å²) in [6.07, 6.45) is 10.4. The van der Waals surface area contributed by atoms with E-state index in [4.69, 9.17) is 9.97 Å². The molecular weight excluding hydrogens is 607 g/mol. The van der Waals surface area contributed by atoms with Gasteiger partial charge < -0.3 is 4.90 Å². The lowest BCUT2D eigenvalue weighted by molar-refractivity contribution is 0.383. The van der Waals surface area contributed by atoms with Crippen LogP contribution in [0.3, 0.4) is 0 Å². The maximum absolute atomic E-state index is 5.16. The highest BCUT2D eigenvalue weighted by atomic mass is 15.1. The lowest BCUT2D eigenvalue weighted by Gasteiger charge is -2.33. The molecule has 238 valence electrons. The zero-order valence-corrected chi connectivity index (χ0v) is 27.8. The topological polar surface area (TPSA) is 29.0 Å². The van der Waals surface area contributed by atoms with Gasteiger partial charge >= 0.3 is 0 Å². The molecule has 1 unspecified atom stereocenters. The van der Waals surface area contributed by atoms with E-state index in [0.29, 0.717) is 0 Å². The van der Waals surface area contributed by atoms with E-state index >= 15 is 0 Å². The molecular formula is C47H35N3. The molecule has 2 aliphatic rings. The van der Waals surface area contributed by atoms with Crippen molar-refractivity contribution < 1.29 is 0 Å². The average Bonchev–Trinajstić information content (AvgIpc) is 3.49. The summed E-state index contributed by atoms with van der Waals surface area (Å²) >= 11 is 0. The summed E-state index contributed by atoms with van der Waals surface area (Å²) in [5.74, 6) is 0. The Morgan fingerprint density at radius 3 is 1.88 bits per heavy atom. The number of likely N-dealkylation sites (N-methyl/N-ethyl adjacent to an activating group) is 1. The van der Waals surface area contributed by atoms with Crippen molar-refractivity contribution in [3.63, 3.8) is 0 Å². The fourth-order valence-corrected chi connectivity index (χ4v) is 7.87. The van der Waals surface area contributed by atoms with Gasteiger partial charge in [0, 0.05) is 18.8 Å². The minimum atomic E-state index is -0.403. The Hall–Kier alpha value is -6.32. The first-order chi connectivity index (χ1) is 24.7. The Morgan fingerprint density at radius 1 is 0.520 bits per heavy atom. The van der Waals surface area contributed by atoms with Gasteiger partial charge in [-0.25, -0.2) is 4.98 Å². The third kappa shape index (κ3) is 4.90. The van der Waals surface area contributed by atoms with Crippen molar-refractivity contribution in [2.45, 2.75) is 11.5 Å². The summed E-state index contributed by atoms with van der Waals surface area (Å²) in [5.41, 5.74) is 14.5. The Balaban J connectivity index is 1.14. The molecule has 0 saturated heterocycles. The van der Waals surface area contributed by atoms with Crippen LogP contribution in [-0.4, -0.2) is 21.9 Å². The first kappa shape index (κ1) is 29.8. The van der Waals surface area contributed by atoms with Crippen molar-refractivity contribution in [1.82, 2.24) is 14.9 Å². The summed E-state index contributed by atoms with van der Waals surface area (Å²) in [6.45, 7) is 0. The van der Waals surface area contributed by atoms with E-state index in [2.05, 4.69) is 194 Å². The molecule has 3 nitrogen and oxygen atoms in total. The number of aromatic nitrogens is 2. The second-order valence-electron chi connectivity index (χ2n) is 13.1. The number of hydrogen-bond donors (Lipinski definition) is 0. The van der Waals surface area contributed by atoms with Crippen molar-refractivity contribution in [3.05, 3.63) is 216 Å². The maximum Gasteiger partial charge on any atom is 0.0896 e. The number of nitrogens with zero attached hydrogens (tertiary/aromatic N) is 3. The van der Waals surface area contributed by atoms with E-state index < -0.39 is 5.41 Å². The van der Waals surface area contributed by atoms with Gasteiger partial charge in [-0.1, -0.05) is 146 Å². The van der Waals surface area contributed by atoms with E-state index in [0.717, 1.165) is 39.3 Å². The van der Waals surface area contributed by atoms with Crippen LogP contribution in [-0.2, 0) is 5.41 Å². The predicted molar refractivity (Wildman–Crippen MR) is 204 cm³/mol. The molecule has 0 radical (unpaired) electrons. The standard InChI is InChI=1S/C47H35N3/c1-50-28-14-13-23-46(50)45-31-36(33-15-5-2-6-16-33)30-44(49-45)43-27-25-35(32-48-43)34-24-26-42-40(29-34)39-21-11-12-22-41(39)47(42,37-17-7-3-8-18-37)38-19-9-4-10-20-38/h2-32,46H,1H3. The van der Waals surface area contributed by atoms with Crippen LogP contribution in [0.15, 0.2) is 188 Å². The molecule has 9 rings (SSSR count). The molecule has 1 atom stereocenters. The molecule has 1 aliphatic carbocycles. The van der Waals surface area contributed by atoms with E-state index in [1.807, 2.05) is 6.20 Å². The summed E-state index contributed by atoms with van der Waals surface area (Å²) in [6, 6.07) is 56.9. The lowest BCUT2D eigenvalue weighted by Crippen LogP contribution is -2.28. The van der Waals surface area contributed by atoms with Gasteiger partial charge in [0.1, 0.15) is 0 Å². The van der Waals surface area contributed by atoms with Gasteiger partial charge in [0.2, 0.25) is 0 Å². The number of rotatable bonds is 6. The van der Waals surface area contributed by atoms with E-state index in [-0.39, 0.29) is 6.04 Å². The molecule has 5 aromatic carbocycles. The van der Waals surface area contributed by atoms with Crippen LogP contribution >= 0.6 is 0 Å². The van der Waals surface area contributed by atoms with Crippen molar-refractivity contribution >= 4 is 0 Å². The van der Waals surface area contributed by atoms with Gasteiger partial charge in [-0.3, -0.25) is 4.98 Å². The van der Waals surface area contributed by atoms with E-state index in [1.54, 1.807) is 0 Å². The number of pyridine rings is 2. The van der Waals surface area contributed by atoms with Crippen LogP contribution in [0, 0.1) is 0 Å². The first-order valence-electron chi connectivity index (χ1n) is 17.2. The third-order valence-electron chi connectivity index (χ3n) is 10.2. The minimum Gasteiger partial charge on any atom is -0.368 e. The van der Waals surface area contributed by atoms with Crippen LogP contribution in [0.25, 0.3) is 44.8 Å². The average molecular weight is 642 g/mol. The highest BCUT2D eigenvalue weighted by molar-refractivity contribution is 5.89. The van der Waals surface area contributed by atoms with Gasteiger partial charge in [0.25, 0.3) is 0 Å². The zero-order chi connectivity index (χ0) is 33.5. The normalized spacial score (nSPS) is 15.5. The van der Waals surface area contributed by atoms with Crippen LogP contribution in [0.1, 0.15) is 34.0 Å². The second kappa shape index (κ2) is 12.3. The Kier molecular flexibility index (Phi) is 7.32. The number of benzene rings is 5. The molecule has 2 aromatic heterocycles. The first-order valence-corrected chi connectivity index (χ1v) is 17.2. The molecule has 50 heavy (non-hydrogen) atoms. The van der Waals surface area contributed by atoms with Gasteiger partial charge in [0.15, 0.2) is 0 Å². The number of allylic oxidation sites excluding steroid dienone is 2. The van der Waals surface area contributed by atoms with E-state index in [1.165, 1.54) is 33.4 Å². The summed E-state index contributed by atoms with van der Waals surface area (Å²) < 4.78 is 0. The fourth-order valence-electron chi connectivity index (χ4n) is 7.87. The molecule has 0 bridgehead atoms. The molecule has 7 aromatic rings. The van der Waals surface area contributed by atoms with Crippen molar-refractivity contribution in [2.75, 3.05) is 7.05 Å². The predicted octanol–water partition coefficient (Wildman–Crippen LogP) is 10.9. The van der Waals surface area contributed by atoms with Crippen LogP contribution in [0.5, 0.6) is 0 Å². The molecule has 0 saturated carbocycles. The molecule has 3 heterocycles. The largest absolute Gasteiger partial charge is 0.368 e. The van der Waals surface area contributed by atoms with Crippen LogP contribution in [0.2, 0.25) is 0 Å². The number of hydrogen-bond acceptors (Lipinski definition) is 3. The summed E-state index contributed by atoms with van der Waals surface area (Å²) in [5, 5.41) is 0. The molecule has 3 heteroatoms. The fraction of sp³-hybridized carbons (Fsp3) is 0.0638. The van der Waals surface area contributed by atoms with Gasteiger partial charge in [-0.05, 0) is 86.6 Å². The van der Waals surface area contributed by atoms with Crippen molar-refractivity contribution in [1.29, 1.82) is 0 Å². The lowest BCUT2D eigenvalue weighted by atomic mass is 9.67. The Labute approximate surface area is 293 Å².